The van der Waals surface area contributed by atoms with E-state index < -0.39 is 0 Å². The fourth-order valence-corrected chi connectivity index (χ4v) is 4.42. The van der Waals surface area contributed by atoms with Crippen LogP contribution in [0.2, 0.25) is 0 Å². The van der Waals surface area contributed by atoms with Gasteiger partial charge >= 0.3 is 0 Å². The monoisotopic (exact) mass is 409 g/mol. The van der Waals surface area contributed by atoms with Gasteiger partial charge in [0.2, 0.25) is 0 Å². The Kier molecular flexibility index (Phi) is 5.59. The second kappa shape index (κ2) is 8.83. The largest absolute Gasteiger partial charge is 0.508 e. The zero-order chi connectivity index (χ0) is 21.0. The summed E-state index contributed by atoms with van der Waals surface area (Å²) in [6, 6.07) is 31.0. The van der Waals surface area contributed by atoms with Gasteiger partial charge in [-0.25, -0.2) is 0 Å². The molecule has 3 heteroatoms. The molecular weight excluding hydrogens is 382 g/mol. The number of benzene rings is 4. The summed E-state index contributed by atoms with van der Waals surface area (Å²) >= 11 is 0. The van der Waals surface area contributed by atoms with Crippen molar-refractivity contribution >= 4 is 16.5 Å². The SMILES string of the molecule is Oc1cccc(-c2cccc(N3CCCC(OCc4ccc5ccccc5c4)C3)c2)c1. The molecule has 0 aromatic heterocycles. The topological polar surface area (TPSA) is 32.7 Å². The van der Waals surface area contributed by atoms with Crippen LogP contribution in [0.5, 0.6) is 5.75 Å². The minimum atomic E-state index is 0.227. The number of ether oxygens (including phenoxy) is 1. The van der Waals surface area contributed by atoms with Crippen LogP contribution in [-0.2, 0) is 11.3 Å². The van der Waals surface area contributed by atoms with Gasteiger partial charge in [-0.15, -0.1) is 0 Å². The number of anilines is 1. The van der Waals surface area contributed by atoms with Gasteiger partial charge in [-0.2, -0.15) is 0 Å². The van der Waals surface area contributed by atoms with Gasteiger partial charge in [0.25, 0.3) is 0 Å². The summed E-state index contributed by atoms with van der Waals surface area (Å²) in [4.78, 5) is 2.42. The van der Waals surface area contributed by atoms with E-state index in [4.69, 9.17) is 4.74 Å². The number of fused-ring (bicyclic) bond motifs is 1. The fraction of sp³-hybridized carbons (Fsp3) is 0.214. The average Bonchev–Trinajstić information content (AvgIpc) is 2.83. The second-order valence-corrected chi connectivity index (χ2v) is 8.30. The van der Waals surface area contributed by atoms with Crippen molar-refractivity contribution in [2.45, 2.75) is 25.6 Å². The van der Waals surface area contributed by atoms with Gasteiger partial charge in [-0.1, -0.05) is 60.7 Å². The maximum atomic E-state index is 9.81. The Morgan fingerprint density at radius 2 is 1.61 bits per heavy atom. The van der Waals surface area contributed by atoms with Gasteiger partial charge in [0.1, 0.15) is 5.75 Å². The molecule has 1 N–H and O–H groups in total. The molecule has 4 aromatic carbocycles. The zero-order valence-corrected chi connectivity index (χ0v) is 17.6. The highest BCUT2D eigenvalue weighted by Gasteiger charge is 2.21. The lowest BCUT2D eigenvalue weighted by Gasteiger charge is -2.34. The summed E-state index contributed by atoms with van der Waals surface area (Å²) in [5.74, 6) is 0.294. The minimum Gasteiger partial charge on any atom is -0.508 e. The van der Waals surface area contributed by atoms with Gasteiger partial charge in [0, 0.05) is 18.8 Å². The van der Waals surface area contributed by atoms with E-state index in [0.29, 0.717) is 12.4 Å². The Bertz CT molecular complexity index is 1190. The molecule has 1 atom stereocenters. The number of nitrogens with zero attached hydrogens (tertiary/aromatic N) is 1. The van der Waals surface area contributed by atoms with Gasteiger partial charge in [0.15, 0.2) is 0 Å². The molecule has 0 amide bonds. The fourth-order valence-electron chi connectivity index (χ4n) is 4.42. The smallest absolute Gasteiger partial charge is 0.116 e. The number of hydrogen-bond acceptors (Lipinski definition) is 3. The maximum absolute atomic E-state index is 9.81. The van der Waals surface area contributed by atoms with Crippen LogP contribution in [0.4, 0.5) is 5.69 Å². The van der Waals surface area contributed by atoms with Crippen molar-refractivity contribution in [3.8, 4) is 16.9 Å². The van der Waals surface area contributed by atoms with Crippen molar-refractivity contribution in [1.82, 2.24) is 0 Å². The molecule has 1 aliphatic heterocycles. The van der Waals surface area contributed by atoms with E-state index in [1.807, 2.05) is 18.2 Å². The average molecular weight is 410 g/mol. The molecule has 5 rings (SSSR count). The first-order valence-electron chi connectivity index (χ1n) is 11.0. The van der Waals surface area contributed by atoms with Gasteiger partial charge in [-0.3, -0.25) is 0 Å². The van der Waals surface area contributed by atoms with E-state index in [-0.39, 0.29) is 6.10 Å². The van der Waals surface area contributed by atoms with E-state index in [2.05, 4.69) is 71.6 Å². The van der Waals surface area contributed by atoms with Crippen molar-refractivity contribution in [3.63, 3.8) is 0 Å². The predicted molar refractivity (Wildman–Crippen MR) is 128 cm³/mol. The van der Waals surface area contributed by atoms with Gasteiger partial charge < -0.3 is 14.7 Å². The quantitative estimate of drug-likeness (QED) is 0.414. The lowest BCUT2D eigenvalue weighted by Crippen LogP contribution is -2.39. The van der Waals surface area contributed by atoms with Crippen LogP contribution in [0.3, 0.4) is 0 Å². The summed E-state index contributed by atoms with van der Waals surface area (Å²) < 4.78 is 6.33. The Morgan fingerprint density at radius 1 is 0.806 bits per heavy atom. The van der Waals surface area contributed by atoms with Crippen LogP contribution in [0.25, 0.3) is 21.9 Å². The molecule has 1 fully saturated rings. The first-order chi connectivity index (χ1) is 15.2. The van der Waals surface area contributed by atoms with E-state index in [1.165, 1.54) is 22.0 Å². The molecule has 1 unspecified atom stereocenters. The number of aromatic hydroxyl groups is 1. The first kappa shape index (κ1) is 19.7. The van der Waals surface area contributed by atoms with E-state index in [9.17, 15) is 5.11 Å². The molecule has 1 heterocycles. The first-order valence-corrected chi connectivity index (χ1v) is 11.0. The Morgan fingerprint density at radius 3 is 2.48 bits per heavy atom. The molecule has 0 saturated carbocycles. The van der Waals surface area contributed by atoms with Crippen LogP contribution in [0.1, 0.15) is 18.4 Å². The summed E-state index contributed by atoms with van der Waals surface area (Å²) in [6.45, 7) is 2.59. The number of hydrogen-bond donors (Lipinski definition) is 1. The summed E-state index contributed by atoms with van der Waals surface area (Å²) in [5, 5.41) is 12.3. The van der Waals surface area contributed by atoms with Gasteiger partial charge in [-0.05, 0) is 70.6 Å². The lowest BCUT2D eigenvalue weighted by atomic mass is 10.0. The molecule has 0 aliphatic carbocycles. The molecule has 156 valence electrons. The van der Waals surface area contributed by atoms with Crippen molar-refractivity contribution in [1.29, 1.82) is 0 Å². The van der Waals surface area contributed by atoms with Crippen molar-refractivity contribution < 1.29 is 9.84 Å². The highest BCUT2D eigenvalue weighted by atomic mass is 16.5. The maximum Gasteiger partial charge on any atom is 0.116 e. The number of rotatable bonds is 5. The Hall–Kier alpha value is -3.30. The summed E-state index contributed by atoms with van der Waals surface area (Å²) in [5.41, 5.74) is 4.58. The van der Waals surface area contributed by atoms with Crippen LogP contribution in [0, 0.1) is 0 Å². The third-order valence-corrected chi connectivity index (χ3v) is 6.07. The Labute approximate surface area is 183 Å². The van der Waals surface area contributed by atoms with Crippen molar-refractivity contribution in [2.75, 3.05) is 18.0 Å². The highest BCUT2D eigenvalue weighted by Crippen LogP contribution is 2.29. The molecule has 0 bridgehead atoms. The molecule has 1 saturated heterocycles. The van der Waals surface area contributed by atoms with Crippen molar-refractivity contribution in [3.05, 3.63) is 96.6 Å². The van der Waals surface area contributed by atoms with Gasteiger partial charge in [0.05, 0.1) is 12.7 Å². The normalized spacial score (nSPS) is 16.5. The van der Waals surface area contributed by atoms with E-state index in [0.717, 1.165) is 37.1 Å². The third-order valence-electron chi connectivity index (χ3n) is 6.07. The molecular formula is C28H27NO2. The van der Waals surface area contributed by atoms with Crippen LogP contribution < -0.4 is 4.90 Å². The summed E-state index contributed by atoms with van der Waals surface area (Å²) in [7, 11) is 0. The van der Waals surface area contributed by atoms with E-state index in [1.54, 1.807) is 6.07 Å². The predicted octanol–water partition coefficient (Wildman–Crippen LogP) is 6.40. The molecule has 3 nitrogen and oxygen atoms in total. The Balaban J connectivity index is 1.26. The summed E-state index contributed by atoms with van der Waals surface area (Å²) in [6.07, 6.45) is 2.44. The third kappa shape index (κ3) is 4.57. The number of phenols is 1. The standard InChI is InChI=1S/C28H27NO2/c30-27-11-4-9-25(18-27)24-8-3-10-26(17-24)29-15-5-12-28(19-29)31-20-21-13-14-22-6-1-2-7-23(22)16-21/h1-4,6-11,13-14,16-18,28,30H,5,12,15,19-20H2. The highest BCUT2D eigenvalue weighted by molar-refractivity contribution is 5.82. The molecule has 1 aliphatic rings. The van der Waals surface area contributed by atoms with Crippen molar-refractivity contribution in [2.24, 2.45) is 0 Å². The molecule has 0 radical (unpaired) electrons. The second-order valence-electron chi connectivity index (χ2n) is 8.30. The number of piperidine rings is 1. The zero-order valence-electron chi connectivity index (χ0n) is 17.6. The van der Waals surface area contributed by atoms with Crippen LogP contribution in [0.15, 0.2) is 91.0 Å². The van der Waals surface area contributed by atoms with E-state index >= 15 is 0 Å². The molecule has 4 aromatic rings. The molecule has 31 heavy (non-hydrogen) atoms. The minimum absolute atomic E-state index is 0.227. The molecule has 0 spiro atoms. The van der Waals surface area contributed by atoms with Crippen LogP contribution in [-0.4, -0.2) is 24.3 Å². The number of phenolic OH excluding ortho intramolecular Hbond substituents is 1. The van der Waals surface area contributed by atoms with Crippen LogP contribution >= 0.6 is 0 Å². The lowest BCUT2D eigenvalue weighted by molar-refractivity contribution is 0.0316.